The molecule has 0 saturated carbocycles. The van der Waals surface area contributed by atoms with E-state index >= 15 is 0 Å². The van der Waals surface area contributed by atoms with Crippen molar-refractivity contribution in [1.29, 1.82) is 0 Å². The highest BCUT2D eigenvalue weighted by Crippen LogP contribution is 2.34. The minimum Gasteiger partial charge on any atom is -0.486 e. The van der Waals surface area contributed by atoms with Gasteiger partial charge in [-0.3, -0.25) is 9.10 Å². The largest absolute Gasteiger partial charge is 0.486 e. The summed E-state index contributed by atoms with van der Waals surface area (Å²) < 4.78 is 49.7. The Kier molecular flexibility index (Phi) is 4.99. The van der Waals surface area contributed by atoms with Crippen molar-refractivity contribution in [2.45, 2.75) is 0 Å². The normalized spacial score (nSPS) is 13.2. The van der Waals surface area contributed by atoms with E-state index < -0.39 is 28.3 Å². The molecule has 1 amide bonds. The van der Waals surface area contributed by atoms with E-state index in [0.29, 0.717) is 24.7 Å². The van der Waals surface area contributed by atoms with Gasteiger partial charge in [-0.15, -0.1) is 0 Å². The van der Waals surface area contributed by atoms with Crippen LogP contribution in [0.5, 0.6) is 11.5 Å². The molecule has 0 saturated heterocycles. The van der Waals surface area contributed by atoms with Crippen molar-refractivity contribution in [3.05, 3.63) is 48.3 Å². The van der Waals surface area contributed by atoms with Gasteiger partial charge in [0.25, 0.3) is 0 Å². The van der Waals surface area contributed by atoms with Crippen LogP contribution in [0.25, 0.3) is 0 Å². The average Bonchev–Trinajstić information content (AvgIpc) is 2.60. The molecule has 0 aromatic heterocycles. The number of para-hydroxylation sites is 1. The standard InChI is InChI=1S/C17H17FN2O5S/c1-26(22,23)20(11-17(21)19-14-5-3-2-4-13(14)18)12-6-7-15-16(10-12)25-9-8-24-15/h2-7,10H,8-9,11H2,1H3,(H,19,21). The van der Waals surface area contributed by atoms with Crippen molar-refractivity contribution >= 4 is 27.3 Å². The second-order valence-corrected chi connectivity index (χ2v) is 7.53. The first-order valence-corrected chi connectivity index (χ1v) is 9.61. The summed E-state index contributed by atoms with van der Waals surface area (Å²) in [5, 5.41) is 2.37. The maximum Gasteiger partial charge on any atom is 0.245 e. The first kappa shape index (κ1) is 18.0. The van der Waals surface area contributed by atoms with Crippen LogP contribution in [0.2, 0.25) is 0 Å². The van der Waals surface area contributed by atoms with Crippen LogP contribution in [0.3, 0.4) is 0 Å². The topological polar surface area (TPSA) is 84.9 Å². The molecule has 0 atom stereocenters. The third-order valence-electron chi connectivity index (χ3n) is 3.65. The molecule has 138 valence electrons. The van der Waals surface area contributed by atoms with E-state index in [2.05, 4.69) is 5.32 Å². The second-order valence-electron chi connectivity index (χ2n) is 5.63. The van der Waals surface area contributed by atoms with Gasteiger partial charge in [-0.1, -0.05) is 12.1 Å². The Bertz CT molecular complexity index is 933. The number of nitrogens with zero attached hydrogens (tertiary/aromatic N) is 1. The van der Waals surface area contributed by atoms with Crippen LogP contribution in [0, 0.1) is 5.82 Å². The fourth-order valence-corrected chi connectivity index (χ4v) is 3.32. The summed E-state index contributed by atoms with van der Waals surface area (Å²) in [6.45, 7) is 0.253. The van der Waals surface area contributed by atoms with Crippen molar-refractivity contribution in [2.24, 2.45) is 0 Å². The van der Waals surface area contributed by atoms with Gasteiger partial charge in [0, 0.05) is 6.07 Å². The molecule has 7 nitrogen and oxygen atoms in total. The minimum absolute atomic E-state index is 0.0203. The van der Waals surface area contributed by atoms with Crippen molar-refractivity contribution in [1.82, 2.24) is 0 Å². The molecule has 1 heterocycles. The summed E-state index contributed by atoms with van der Waals surface area (Å²) in [6, 6.07) is 10.2. The number of carbonyl (C=O) groups is 1. The average molecular weight is 380 g/mol. The van der Waals surface area contributed by atoms with E-state index in [0.717, 1.165) is 10.6 Å². The Hall–Kier alpha value is -2.81. The number of sulfonamides is 1. The molecule has 0 spiro atoms. The number of carbonyl (C=O) groups excluding carboxylic acids is 1. The molecule has 9 heteroatoms. The number of hydrogen-bond donors (Lipinski definition) is 1. The van der Waals surface area contributed by atoms with Gasteiger partial charge in [-0.2, -0.15) is 0 Å². The molecule has 0 fully saturated rings. The lowest BCUT2D eigenvalue weighted by atomic mass is 10.2. The third kappa shape index (κ3) is 4.05. The smallest absolute Gasteiger partial charge is 0.245 e. The van der Waals surface area contributed by atoms with E-state index in [-0.39, 0.29) is 11.4 Å². The van der Waals surface area contributed by atoms with Crippen molar-refractivity contribution < 1.29 is 27.1 Å². The van der Waals surface area contributed by atoms with Crippen LogP contribution >= 0.6 is 0 Å². The van der Waals surface area contributed by atoms with Gasteiger partial charge in [0.2, 0.25) is 15.9 Å². The summed E-state index contributed by atoms with van der Waals surface area (Å²) >= 11 is 0. The summed E-state index contributed by atoms with van der Waals surface area (Å²) in [5.41, 5.74) is 0.230. The van der Waals surface area contributed by atoms with Crippen LogP contribution in [-0.4, -0.2) is 40.3 Å². The van der Waals surface area contributed by atoms with Crippen molar-refractivity contribution in [2.75, 3.05) is 35.6 Å². The van der Waals surface area contributed by atoms with Crippen molar-refractivity contribution in [3.8, 4) is 11.5 Å². The van der Waals surface area contributed by atoms with Gasteiger partial charge in [0.15, 0.2) is 11.5 Å². The molecule has 0 unspecified atom stereocenters. The lowest BCUT2D eigenvalue weighted by Gasteiger charge is -2.24. The molecular weight excluding hydrogens is 363 g/mol. The number of hydrogen-bond acceptors (Lipinski definition) is 5. The van der Waals surface area contributed by atoms with Gasteiger partial charge < -0.3 is 14.8 Å². The van der Waals surface area contributed by atoms with Crippen LogP contribution < -0.4 is 19.1 Å². The Morgan fingerprint density at radius 3 is 2.54 bits per heavy atom. The third-order valence-corrected chi connectivity index (χ3v) is 4.79. The predicted molar refractivity (Wildman–Crippen MR) is 94.7 cm³/mol. The van der Waals surface area contributed by atoms with Crippen molar-refractivity contribution in [3.63, 3.8) is 0 Å². The predicted octanol–water partition coefficient (Wildman–Crippen LogP) is 2.00. The number of nitrogens with one attached hydrogen (secondary N) is 1. The number of rotatable bonds is 5. The maximum absolute atomic E-state index is 13.7. The van der Waals surface area contributed by atoms with E-state index in [1.807, 2.05) is 0 Å². The van der Waals surface area contributed by atoms with Crippen LogP contribution in [0.15, 0.2) is 42.5 Å². The quantitative estimate of drug-likeness (QED) is 0.858. The zero-order chi connectivity index (χ0) is 18.7. The number of fused-ring (bicyclic) bond motifs is 1. The van der Waals surface area contributed by atoms with E-state index in [4.69, 9.17) is 9.47 Å². The molecule has 2 aromatic carbocycles. The highest BCUT2D eigenvalue weighted by atomic mass is 32.2. The van der Waals surface area contributed by atoms with Gasteiger partial charge in [0.1, 0.15) is 25.6 Å². The highest BCUT2D eigenvalue weighted by molar-refractivity contribution is 7.92. The monoisotopic (exact) mass is 380 g/mol. The van der Waals surface area contributed by atoms with E-state index in [1.165, 1.54) is 30.3 Å². The molecule has 2 aromatic rings. The first-order valence-electron chi connectivity index (χ1n) is 7.76. The first-order chi connectivity index (χ1) is 12.3. The summed E-state index contributed by atoms with van der Waals surface area (Å²) in [5.74, 6) is -0.373. The minimum atomic E-state index is -3.76. The molecule has 1 aliphatic rings. The highest BCUT2D eigenvalue weighted by Gasteiger charge is 2.23. The summed E-state index contributed by atoms with van der Waals surface area (Å²) in [4.78, 5) is 12.2. The fraction of sp³-hybridized carbons (Fsp3) is 0.235. The molecule has 0 radical (unpaired) electrons. The van der Waals surface area contributed by atoms with E-state index in [1.54, 1.807) is 12.1 Å². The molecule has 3 rings (SSSR count). The lowest BCUT2D eigenvalue weighted by molar-refractivity contribution is -0.114. The van der Waals surface area contributed by atoms with Gasteiger partial charge in [-0.25, -0.2) is 12.8 Å². The van der Waals surface area contributed by atoms with E-state index in [9.17, 15) is 17.6 Å². The number of amides is 1. The Morgan fingerprint density at radius 1 is 1.15 bits per heavy atom. The number of anilines is 2. The lowest BCUT2D eigenvalue weighted by Crippen LogP contribution is -2.37. The Balaban J connectivity index is 1.83. The van der Waals surface area contributed by atoms with Crippen LogP contribution in [0.4, 0.5) is 15.8 Å². The maximum atomic E-state index is 13.7. The number of benzene rings is 2. The molecule has 0 bridgehead atoms. The SMILES string of the molecule is CS(=O)(=O)N(CC(=O)Nc1ccccc1F)c1ccc2c(c1)OCCO2. The zero-order valence-electron chi connectivity index (χ0n) is 13.9. The zero-order valence-corrected chi connectivity index (χ0v) is 14.8. The second kappa shape index (κ2) is 7.20. The van der Waals surface area contributed by atoms with Crippen LogP contribution in [0.1, 0.15) is 0 Å². The number of ether oxygens (including phenoxy) is 2. The molecule has 1 aliphatic heterocycles. The molecule has 1 N–H and O–H groups in total. The molecule has 0 aliphatic carbocycles. The van der Waals surface area contributed by atoms with Gasteiger partial charge in [-0.05, 0) is 24.3 Å². The summed E-state index contributed by atoms with van der Waals surface area (Å²) in [7, 11) is -3.76. The number of halogens is 1. The molecular formula is C17H17FN2O5S. The van der Waals surface area contributed by atoms with Gasteiger partial charge in [0.05, 0.1) is 17.6 Å². The Labute approximate surface area is 150 Å². The molecule has 26 heavy (non-hydrogen) atoms. The fourth-order valence-electron chi connectivity index (χ4n) is 2.47. The summed E-state index contributed by atoms with van der Waals surface area (Å²) in [6.07, 6.45) is 0.986. The van der Waals surface area contributed by atoms with Gasteiger partial charge >= 0.3 is 0 Å². The Morgan fingerprint density at radius 2 is 1.85 bits per heavy atom. The van der Waals surface area contributed by atoms with Crippen LogP contribution in [-0.2, 0) is 14.8 Å².